The van der Waals surface area contributed by atoms with Gasteiger partial charge in [-0.25, -0.2) is 0 Å². The van der Waals surface area contributed by atoms with Gasteiger partial charge in [-0.05, 0) is 19.9 Å². The standard InChI is InChI=1S/C10H16O2/c1-4-7-9(11)10(8-5-2)12-6-3/h4-5,7-9,11H,2,6H2,1,3H3/b7-4+,10-8+. The average Bonchev–Trinajstić information content (AvgIpc) is 2.04. The third kappa shape index (κ3) is 3.98. The Labute approximate surface area is 73.9 Å². The number of ether oxygens (including phenoxy) is 1. The van der Waals surface area contributed by atoms with Gasteiger partial charge in [0.2, 0.25) is 0 Å². The zero-order chi connectivity index (χ0) is 9.40. The van der Waals surface area contributed by atoms with Crippen LogP contribution in [0.25, 0.3) is 0 Å². The van der Waals surface area contributed by atoms with Crippen molar-refractivity contribution in [3.63, 3.8) is 0 Å². The second-order valence-corrected chi connectivity index (χ2v) is 2.21. The third-order valence-electron chi connectivity index (χ3n) is 1.26. The molecular weight excluding hydrogens is 152 g/mol. The molecular formula is C10H16O2. The first-order chi connectivity index (χ1) is 5.76. The van der Waals surface area contributed by atoms with E-state index in [2.05, 4.69) is 6.58 Å². The summed E-state index contributed by atoms with van der Waals surface area (Å²) in [7, 11) is 0. The van der Waals surface area contributed by atoms with Gasteiger partial charge in [0, 0.05) is 0 Å². The maximum Gasteiger partial charge on any atom is 0.129 e. The number of hydrogen-bond donors (Lipinski definition) is 1. The van der Waals surface area contributed by atoms with Gasteiger partial charge in [0.05, 0.1) is 6.61 Å². The summed E-state index contributed by atoms with van der Waals surface area (Å²) in [6, 6.07) is 0. The van der Waals surface area contributed by atoms with Gasteiger partial charge in [-0.3, -0.25) is 0 Å². The van der Waals surface area contributed by atoms with Crippen LogP contribution in [0.1, 0.15) is 13.8 Å². The van der Waals surface area contributed by atoms with E-state index in [0.717, 1.165) is 0 Å². The first-order valence-electron chi connectivity index (χ1n) is 4.02. The van der Waals surface area contributed by atoms with Crippen molar-refractivity contribution in [2.45, 2.75) is 20.0 Å². The minimum absolute atomic E-state index is 0.533. The van der Waals surface area contributed by atoms with Crippen LogP contribution in [0.15, 0.2) is 36.6 Å². The quantitative estimate of drug-likeness (QED) is 0.386. The van der Waals surface area contributed by atoms with E-state index < -0.39 is 6.10 Å². The van der Waals surface area contributed by atoms with Gasteiger partial charge >= 0.3 is 0 Å². The van der Waals surface area contributed by atoms with Crippen molar-refractivity contribution in [3.05, 3.63) is 36.6 Å². The summed E-state index contributed by atoms with van der Waals surface area (Å²) in [4.78, 5) is 0. The molecule has 0 saturated carbocycles. The van der Waals surface area contributed by atoms with E-state index in [0.29, 0.717) is 12.4 Å². The molecule has 0 rings (SSSR count). The van der Waals surface area contributed by atoms with Crippen molar-refractivity contribution in [3.8, 4) is 0 Å². The Hall–Kier alpha value is -1.02. The predicted octanol–water partition coefficient (Wildman–Crippen LogP) is 2.03. The van der Waals surface area contributed by atoms with E-state index in [1.54, 1.807) is 24.3 Å². The van der Waals surface area contributed by atoms with E-state index in [1.807, 2.05) is 13.8 Å². The molecule has 0 aromatic rings. The smallest absolute Gasteiger partial charge is 0.129 e. The van der Waals surface area contributed by atoms with E-state index in [-0.39, 0.29) is 0 Å². The molecule has 0 aliphatic carbocycles. The molecule has 0 heterocycles. The molecule has 0 aliphatic heterocycles. The van der Waals surface area contributed by atoms with Crippen LogP contribution in [0.3, 0.4) is 0 Å². The molecule has 0 bridgehead atoms. The first kappa shape index (κ1) is 11.0. The molecule has 0 radical (unpaired) electrons. The third-order valence-corrected chi connectivity index (χ3v) is 1.26. The van der Waals surface area contributed by atoms with Crippen LogP contribution >= 0.6 is 0 Å². The van der Waals surface area contributed by atoms with Gasteiger partial charge < -0.3 is 9.84 Å². The number of aliphatic hydroxyl groups is 1. The topological polar surface area (TPSA) is 29.5 Å². The largest absolute Gasteiger partial charge is 0.495 e. The summed E-state index contributed by atoms with van der Waals surface area (Å²) < 4.78 is 5.19. The summed E-state index contributed by atoms with van der Waals surface area (Å²) in [5.41, 5.74) is 0. The molecule has 1 unspecified atom stereocenters. The molecule has 1 atom stereocenters. The summed E-state index contributed by atoms with van der Waals surface area (Å²) in [6.45, 7) is 7.81. The molecule has 0 fully saturated rings. The van der Waals surface area contributed by atoms with E-state index in [9.17, 15) is 5.11 Å². The SMILES string of the molecule is C=C/C=C(/OCC)C(O)/C=C/C. The van der Waals surface area contributed by atoms with E-state index in [1.165, 1.54) is 0 Å². The van der Waals surface area contributed by atoms with Gasteiger partial charge in [0.1, 0.15) is 11.9 Å². The lowest BCUT2D eigenvalue weighted by atomic mass is 10.2. The Bertz CT molecular complexity index is 180. The Kier molecular flexibility index (Phi) is 6.11. The van der Waals surface area contributed by atoms with Crippen LogP contribution in [0, 0.1) is 0 Å². The lowest BCUT2D eigenvalue weighted by Crippen LogP contribution is -2.09. The van der Waals surface area contributed by atoms with Crippen molar-refractivity contribution < 1.29 is 9.84 Å². The van der Waals surface area contributed by atoms with Crippen LogP contribution in [0.2, 0.25) is 0 Å². The highest BCUT2D eigenvalue weighted by Gasteiger charge is 2.05. The second-order valence-electron chi connectivity index (χ2n) is 2.21. The molecule has 12 heavy (non-hydrogen) atoms. The highest BCUT2D eigenvalue weighted by atomic mass is 16.5. The predicted molar refractivity (Wildman–Crippen MR) is 50.7 cm³/mol. The van der Waals surface area contributed by atoms with Gasteiger partial charge in [-0.15, -0.1) is 0 Å². The lowest BCUT2D eigenvalue weighted by molar-refractivity contribution is 0.135. The molecule has 0 aromatic carbocycles. The van der Waals surface area contributed by atoms with Crippen molar-refractivity contribution >= 4 is 0 Å². The zero-order valence-corrected chi connectivity index (χ0v) is 7.66. The fraction of sp³-hybridized carbons (Fsp3) is 0.400. The van der Waals surface area contributed by atoms with Crippen LogP contribution in [0.5, 0.6) is 0 Å². The van der Waals surface area contributed by atoms with Crippen molar-refractivity contribution in [1.82, 2.24) is 0 Å². The van der Waals surface area contributed by atoms with Crippen molar-refractivity contribution in [1.29, 1.82) is 0 Å². The molecule has 0 saturated heterocycles. The maximum absolute atomic E-state index is 9.44. The fourth-order valence-corrected chi connectivity index (χ4v) is 0.792. The number of aliphatic hydroxyl groups excluding tert-OH is 1. The van der Waals surface area contributed by atoms with Gasteiger partial charge in [0.15, 0.2) is 0 Å². The highest BCUT2D eigenvalue weighted by Crippen LogP contribution is 2.05. The fourth-order valence-electron chi connectivity index (χ4n) is 0.792. The van der Waals surface area contributed by atoms with Crippen LogP contribution < -0.4 is 0 Å². The Morgan fingerprint density at radius 1 is 1.67 bits per heavy atom. The molecule has 0 spiro atoms. The summed E-state index contributed by atoms with van der Waals surface area (Å²) in [5.74, 6) is 0.533. The molecule has 0 aromatic heterocycles. The van der Waals surface area contributed by atoms with E-state index in [4.69, 9.17) is 4.74 Å². The minimum atomic E-state index is -0.659. The number of hydrogen-bond acceptors (Lipinski definition) is 2. The van der Waals surface area contributed by atoms with Crippen LogP contribution in [-0.2, 0) is 4.74 Å². The first-order valence-corrected chi connectivity index (χ1v) is 4.02. The molecule has 68 valence electrons. The Balaban J connectivity index is 4.28. The number of allylic oxidation sites excluding steroid dienone is 3. The average molecular weight is 168 g/mol. The number of rotatable bonds is 5. The summed E-state index contributed by atoms with van der Waals surface area (Å²) in [5, 5.41) is 9.44. The van der Waals surface area contributed by atoms with Gasteiger partial charge in [0.25, 0.3) is 0 Å². The zero-order valence-electron chi connectivity index (χ0n) is 7.66. The van der Waals surface area contributed by atoms with Crippen molar-refractivity contribution in [2.75, 3.05) is 6.61 Å². The monoisotopic (exact) mass is 168 g/mol. The normalized spacial score (nSPS) is 14.8. The molecule has 2 heteroatoms. The van der Waals surface area contributed by atoms with E-state index >= 15 is 0 Å². The minimum Gasteiger partial charge on any atom is -0.495 e. The Morgan fingerprint density at radius 3 is 2.75 bits per heavy atom. The molecule has 0 amide bonds. The van der Waals surface area contributed by atoms with Gasteiger partial charge in [-0.2, -0.15) is 0 Å². The molecule has 0 aliphatic rings. The summed E-state index contributed by atoms with van der Waals surface area (Å²) in [6.07, 6.45) is 6.03. The highest BCUT2D eigenvalue weighted by molar-refractivity contribution is 5.13. The molecule has 2 nitrogen and oxygen atoms in total. The maximum atomic E-state index is 9.44. The lowest BCUT2D eigenvalue weighted by Gasteiger charge is -2.10. The molecule has 1 N–H and O–H groups in total. The van der Waals surface area contributed by atoms with Crippen LogP contribution in [-0.4, -0.2) is 17.8 Å². The Morgan fingerprint density at radius 2 is 2.33 bits per heavy atom. The second kappa shape index (κ2) is 6.68. The summed E-state index contributed by atoms with van der Waals surface area (Å²) >= 11 is 0. The van der Waals surface area contributed by atoms with Gasteiger partial charge in [-0.1, -0.05) is 24.8 Å². The van der Waals surface area contributed by atoms with Crippen LogP contribution in [0.4, 0.5) is 0 Å². The van der Waals surface area contributed by atoms with Crippen molar-refractivity contribution in [2.24, 2.45) is 0 Å².